The first-order valence-corrected chi connectivity index (χ1v) is 7.01. The third kappa shape index (κ3) is 2.23. The topological polar surface area (TPSA) is 70.1 Å². The molecule has 1 atom stereocenters. The van der Waals surface area contributed by atoms with E-state index in [1.165, 1.54) is 8.61 Å². The van der Waals surface area contributed by atoms with E-state index >= 15 is 0 Å². The SMILES string of the molecule is O=S(=O)(N1CCCC1)N1CCOCC1CO. The molecule has 94 valence electrons. The summed E-state index contributed by atoms with van der Waals surface area (Å²) in [5.74, 6) is 0. The Morgan fingerprint density at radius 3 is 2.56 bits per heavy atom. The van der Waals surface area contributed by atoms with Crippen molar-refractivity contribution in [1.82, 2.24) is 8.61 Å². The fraction of sp³-hybridized carbons (Fsp3) is 1.00. The molecule has 0 amide bonds. The minimum Gasteiger partial charge on any atom is -0.395 e. The Hall–Kier alpha value is -0.210. The average Bonchev–Trinajstić information content (AvgIpc) is 2.83. The van der Waals surface area contributed by atoms with E-state index in [9.17, 15) is 8.42 Å². The molecule has 2 aliphatic heterocycles. The Morgan fingerprint density at radius 1 is 1.25 bits per heavy atom. The standard InChI is InChI=1S/C9H18N2O4S/c12-7-9-8-15-6-5-11(9)16(13,14)10-3-1-2-4-10/h9,12H,1-8H2. The van der Waals surface area contributed by atoms with Crippen molar-refractivity contribution in [2.75, 3.05) is 39.5 Å². The number of morpholine rings is 1. The van der Waals surface area contributed by atoms with E-state index in [0.29, 0.717) is 26.2 Å². The van der Waals surface area contributed by atoms with Gasteiger partial charge in [0, 0.05) is 19.6 Å². The van der Waals surface area contributed by atoms with Crippen LogP contribution in [0.15, 0.2) is 0 Å². The Bertz CT molecular complexity index is 326. The van der Waals surface area contributed by atoms with Gasteiger partial charge in [0.1, 0.15) is 0 Å². The van der Waals surface area contributed by atoms with Gasteiger partial charge in [0.25, 0.3) is 10.2 Å². The maximum Gasteiger partial charge on any atom is 0.282 e. The van der Waals surface area contributed by atoms with E-state index in [2.05, 4.69) is 0 Å². The molecule has 0 spiro atoms. The minimum absolute atomic E-state index is 0.187. The maximum absolute atomic E-state index is 12.2. The Labute approximate surface area is 96.0 Å². The molecule has 0 aromatic rings. The molecule has 1 unspecified atom stereocenters. The van der Waals surface area contributed by atoms with Crippen LogP contribution in [0.1, 0.15) is 12.8 Å². The largest absolute Gasteiger partial charge is 0.395 e. The van der Waals surface area contributed by atoms with Crippen LogP contribution in [0.3, 0.4) is 0 Å². The first-order chi connectivity index (χ1) is 7.66. The van der Waals surface area contributed by atoms with E-state index in [1.807, 2.05) is 0 Å². The highest BCUT2D eigenvalue weighted by Gasteiger charge is 2.37. The van der Waals surface area contributed by atoms with E-state index in [0.717, 1.165) is 12.8 Å². The molecule has 0 aromatic heterocycles. The maximum atomic E-state index is 12.2. The summed E-state index contributed by atoms with van der Waals surface area (Å²) >= 11 is 0. The van der Waals surface area contributed by atoms with Gasteiger partial charge in [0.2, 0.25) is 0 Å². The number of nitrogens with zero attached hydrogens (tertiary/aromatic N) is 2. The van der Waals surface area contributed by atoms with Gasteiger partial charge in [-0.3, -0.25) is 0 Å². The Morgan fingerprint density at radius 2 is 1.94 bits per heavy atom. The number of aliphatic hydroxyl groups excluding tert-OH is 1. The molecule has 0 saturated carbocycles. The lowest BCUT2D eigenvalue weighted by molar-refractivity contribution is 0.00859. The zero-order valence-corrected chi connectivity index (χ0v) is 10.0. The molecule has 1 N–H and O–H groups in total. The van der Waals surface area contributed by atoms with Crippen molar-refractivity contribution in [2.45, 2.75) is 18.9 Å². The lowest BCUT2D eigenvalue weighted by Crippen LogP contribution is -2.54. The van der Waals surface area contributed by atoms with Crippen molar-refractivity contribution in [2.24, 2.45) is 0 Å². The van der Waals surface area contributed by atoms with Gasteiger partial charge >= 0.3 is 0 Å². The molecule has 2 aliphatic rings. The summed E-state index contributed by atoms with van der Waals surface area (Å²) in [7, 11) is -3.40. The lowest BCUT2D eigenvalue weighted by atomic mass is 10.3. The molecular weight excluding hydrogens is 232 g/mol. The summed E-state index contributed by atoms with van der Waals surface area (Å²) in [6.45, 7) is 2.03. The molecule has 2 fully saturated rings. The van der Waals surface area contributed by atoms with E-state index < -0.39 is 16.3 Å². The quantitative estimate of drug-likeness (QED) is 0.699. The zero-order chi connectivity index (χ0) is 11.6. The van der Waals surface area contributed by atoms with Gasteiger partial charge in [-0.2, -0.15) is 17.0 Å². The molecule has 0 aliphatic carbocycles. The van der Waals surface area contributed by atoms with Crippen LogP contribution in [0.5, 0.6) is 0 Å². The van der Waals surface area contributed by atoms with Crippen LogP contribution in [0.25, 0.3) is 0 Å². The van der Waals surface area contributed by atoms with Crippen LogP contribution in [0, 0.1) is 0 Å². The molecule has 6 nitrogen and oxygen atoms in total. The lowest BCUT2D eigenvalue weighted by Gasteiger charge is -2.35. The van der Waals surface area contributed by atoms with Gasteiger partial charge in [-0.15, -0.1) is 0 Å². The van der Waals surface area contributed by atoms with Crippen molar-refractivity contribution in [3.05, 3.63) is 0 Å². The summed E-state index contributed by atoms with van der Waals surface area (Å²) in [5, 5.41) is 9.16. The number of aliphatic hydroxyl groups is 1. The molecule has 0 bridgehead atoms. The molecule has 2 saturated heterocycles. The summed E-state index contributed by atoms with van der Waals surface area (Å²) in [6.07, 6.45) is 1.85. The van der Waals surface area contributed by atoms with Crippen LogP contribution in [0.4, 0.5) is 0 Å². The average molecular weight is 250 g/mol. The minimum atomic E-state index is -3.40. The fourth-order valence-electron chi connectivity index (χ4n) is 2.15. The first-order valence-electron chi connectivity index (χ1n) is 5.62. The monoisotopic (exact) mass is 250 g/mol. The summed E-state index contributed by atoms with van der Waals surface area (Å²) < 4.78 is 32.5. The summed E-state index contributed by atoms with van der Waals surface area (Å²) in [4.78, 5) is 0. The highest BCUT2D eigenvalue weighted by Crippen LogP contribution is 2.20. The normalized spacial score (nSPS) is 29.7. The number of hydrogen-bond acceptors (Lipinski definition) is 4. The third-order valence-corrected chi connectivity index (χ3v) is 5.16. The van der Waals surface area contributed by atoms with Gasteiger partial charge < -0.3 is 9.84 Å². The molecular formula is C9H18N2O4S. The van der Waals surface area contributed by atoms with Crippen molar-refractivity contribution < 1.29 is 18.3 Å². The molecule has 7 heteroatoms. The van der Waals surface area contributed by atoms with Crippen molar-refractivity contribution in [3.63, 3.8) is 0 Å². The van der Waals surface area contributed by atoms with Crippen LogP contribution >= 0.6 is 0 Å². The molecule has 0 radical (unpaired) electrons. The summed E-state index contributed by atoms with van der Waals surface area (Å²) in [5.41, 5.74) is 0. The van der Waals surface area contributed by atoms with E-state index in [-0.39, 0.29) is 13.2 Å². The van der Waals surface area contributed by atoms with Crippen LogP contribution in [-0.2, 0) is 14.9 Å². The van der Waals surface area contributed by atoms with E-state index in [1.54, 1.807) is 0 Å². The second kappa shape index (κ2) is 4.97. The smallest absolute Gasteiger partial charge is 0.282 e. The highest BCUT2D eigenvalue weighted by molar-refractivity contribution is 7.86. The predicted molar refractivity (Wildman–Crippen MR) is 58.1 cm³/mol. The second-order valence-corrected chi connectivity index (χ2v) is 6.02. The number of rotatable bonds is 3. The fourth-order valence-corrected chi connectivity index (χ4v) is 3.98. The van der Waals surface area contributed by atoms with Crippen molar-refractivity contribution in [1.29, 1.82) is 0 Å². The second-order valence-electron chi connectivity index (χ2n) is 4.14. The Balaban J connectivity index is 2.13. The zero-order valence-electron chi connectivity index (χ0n) is 9.21. The van der Waals surface area contributed by atoms with Crippen LogP contribution in [0.2, 0.25) is 0 Å². The number of ether oxygens (including phenoxy) is 1. The third-order valence-electron chi connectivity index (χ3n) is 3.07. The van der Waals surface area contributed by atoms with Gasteiger partial charge in [-0.25, -0.2) is 0 Å². The molecule has 2 heterocycles. The highest BCUT2D eigenvalue weighted by atomic mass is 32.2. The first kappa shape index (κ1) is 12.3. The van der Waals surface area contributed by atoms with Crippen LogP contribution < -0.4 is 0 Å². The van der Waals surface area contributed by atoms with E-state index in [4.69, 9.17) is 9.84 Å². The van der Waals surface area contributed by atoms with Crippen molar-refractivity contribution in [3.8, 4) is 0 Å². The molecule has 2 rings (SSSR count). The molecule has 0 aromatic carbocycles. The molecule has 16 heavy (non-hydrogen) atoms. The van der Waals surface area contributed by atoms with Gasteiger partial charge in [0.15, 0.2) is 0 Å². The predicted octanol–water partition coefficient (Wildman–Crippen LogP) is -0.980. The van der Waals surface area contributed by atoms with Crippen molar-refractivity contribution >= 4 is 10.2 Å². The number of hydrogen-bond donors (Lipinski definition) is 1. The van der Waals surface area contributed by atoms with Gasteiger partial charge in [-0.1, -0.05) is 0 Å². The van der Waals surface area contributed by atoms with Gasteiger partial charge in [-0.05, 0) is 12.8 Å². The van der Waals surface area contributed by atoms with Crippen LogP contribution in [-0.4, -0.2) is 67.6 Å². The summed E-state index contributed by atoms with van der Waals surface area (Å²) in [6, 6.07) is -0.431. The van der Waals surface area contributed by atoms with Gasteiger partial charge in [0.05, 0.1) is 25.9 Å². The Kier molecular flexibility index (Phi) is 3.81.